The lowest BCUT2D eigenvalue weighted by Crippen LogP contribution is -2.12. The minimum absolute atomic E-state index is 0.157. The zero-order valence-corrected chi connectivity index (χ0v) is 13.7. The van der Waals surface area contributed by atoms with Gasteiger partial charge in [0, 0.05) is 0 Å². The Labute approximate surface area is 134 Å². The fourth-order valence-electron chi connectivity index (χ4n) is 2.96. The number of aromatic amines is 1. The number of rotatable bonds is 4. The zero-order chi connectivity index (χ0) is 16.0. The highest BCUT2D eigenvalue weighted by Gasteiger charge is 2.50. The van der Waals surface area contributed by atoms with E-state index in [0.29, 0.717) is 23.1 Å². The van der Waals surface area contributed by atoms with Crippen molar-refractivity contribution in [2.24, 2.45) is 0 Å². The van der Waals surface area contributed by atoms with Gasteiger partial charge in [-0.2, -0.15) is 10.1 Å². The first-order valence-corrected chi connectivity index (χ1v) is 8.12. The Morgan fingerprint density at radius 1 is 1.35 bits per heavy atom. The summed E-state index contributed by atoms with van der Waals surface area (Å²) < 4.78 is 18.6. The summed E-state index contributed by atoms with van der Waals surface area (Å²) >= 11 is 0. The van der Waals surface area contributed by atoms with Crippen LogP contribution in [0.1, 0.15) is 41.4 Å². The number of aromatic nitrogens is 4. The van der Waals surface area contributed by atoms with E-state index in [1.807, 2.05) is 12.1 Å². The van der Waals surface area contributed by atoms with Gasteiger partial charge in [0.05, 0.1) is 11.1 Å². The van der Waals surface area contributed by atoms with Crippen molar-refractivity contribution in [3.63, 3.8) is 0 Å². The van der Waals surface area contributed by atoms with Crippen molar-refractivity contribution < 1.29 is 8.91 Å². The van der Waals surface area contributed by atoms with Crippen LogP contribution < -0.4 is 0 Å². The van der Waals surface area contributed by atoms with Crippen LogP contribution in [0.25, 0.3) is 11.6 Å². The molecule has 23 heavy (non-hydrogen) atoms. The standard InChI is InChI=1S/C16H16FN4OP/c1-9-4-2-3-5-10(9)16(6-7-16)15-18-14(22-21-15)12-8-11(13(17)23)19-20-12/h2-5,8,13H,6-7,23H2,1H3,(H,19,20). The van der Waals surface area contributed by atoms with Crippen LogP contribution in [0.15, 0.2) is 34.9 Å². The van der Waals surface area contributed by atoms with Crippen molar-refractivity contribution in [2.45, 2.75) is 31.1 Å². The monoisotopic (exact) mass is 330 g/mol. The molecule has 0 radical (unpaired) electrons. The Hall–Kier alpha value is -2.07. The molecule has 1 aromatic carbocycles. The molecule has 2 heterocycles. The number of halogens is 1. The van der Waals surface area contributed by atoms with Crippen molar-refractivity contribution in [3.8, 4) is 11.6 Å². The molecule has 5 nitrogen and oxygen atoms in total. The highest BCUT2D eigenvalue weighted by Crippen LogP contribution is 2.53. The molecule has 3 aromatic rings. The van der Waals surface area contributed by atoms with Gasteiger partial charge >= 0.3 is 0 Å². The summed E-state index contributed by atoms with van der Waals surface area (Å²) in [6, 6.07) is 9.85. The Morgan fingerprint density at radius 2 is 2.13 bits per heavy atom. The van der Waals surface area contributed by atoms with Crippen LogP contribution in [0.4, 0.5) is 4.39 Å². The maximum atomic E-state index is 13.3. The molecule has 1 aliphatic carbocycles. The van der Waals surface area contributed by atoms with E-state index in [2.05, 4.69) is 48.6 Å². The van der Waals surface area contributed by atoms with Crippen molar-refractivity contribution in [1.82, 2.24) is 20.3 Å². The topological polar surface area (TPSA) is 67.6 Å². The van der Waals surface area contributed by atoms with E-state index in [4.69, 9.17) is 4.52 Å². The van der Waals surface area contributed by atoms with Gasteiger partial charge < -0.3 is 4.52 Å². The second-order valence-electron chi connectivity index (χ2n) is 5.93. The third-order valence-corrected chi connectivity index (χ3v) is 4.74. The second kappa shape index (κ2) is 5.24. The lowest BCUT2D eigenvalue weighted by atomic mass is 9.91. The number of aryl methyl sites for hydroxylation is 1. The van der Waals surface area contributed by atoms with E-state index in [0.717, 1.165) is 12.8 Å². The van der Waals surface area contributed by atoms with Gasteiger partial charge in [-0.05, 0) is 37.0 Å². The maximum Gasteiger partial charge on any atom is 0.278 e. The molecule has 7 heteroatoms. The molecule has 1 saturated carbocycles. The fourth-order valence-corrected chi connectivity index (χ4v) is 3.13. The van der Waals surface area contributed by atoms with Crippen LogP contribution >= 0.6 is 9.24 Å². The van der Waals surface area contributed by atoms with Crippen molar-refractivity contribution in [1.29, 1.82) is 0 Å². The molecule has 0 amide bonds. The minimum atomic E-state index is -1.19. The van der Waals surface area contributed by atoms with Crippen molar-refractivity contribution >= 4 is 9.24 Å². The summed E-state index contributed by atoms with van der Waals surface area (Å²) in [6.07, 6.45) is 2.00. The van der Waals surface area contributed by atoms with E-state index >= 15 is 0 Å². The summed E-state index contributed by atoms with van der Waals surface area (Å²) in [5, 5.41) is 10.8. The summed E-state index contributed by atoms with van der Waals surface area (Å²) in [7, 11) is 2.07. The van der Waals surface area contributed by atoms with Crippen LogP contribution in [0.3, 0.4) is 0 Å². The molecule has 1 aliphatic rings. The van der Waals surface area contributed by atoms with Crippen LogP contribution in [0, 0.1) is 6.92 Å². The van der Waals surface area contributed by atoms with Gasteiger partial charge in [0.25, 0.3) is 5.89 Å². The van der Waals surface area contributed by atoms with Crippen molar-refractivity contribution in [3.05, 3.63) is 53.0 Å². The van der Waals surface area contributed by atoms with Gasteiger partial charge in [0.1, 0.15) is 0 Å². The second-order valence-corrected chi connectivity index (χ2v) is 6.52. The third-order valence-electron chi connectivity index (χ3n) is 4.38. The lowest BCUT2D eigenvalue weighted by molar-refractivity contribution is 0.416. The Balaban J connectivity index is 1.69. The number of hydrogen-bond donors (Lipinski definition) is 1. The van der Waals surface area contributed by atoms with Crippen LogP contribution in [-0.4, -0.2) is 20.3 Å². The van der Waals surface area contributed by atoms with Gasteiger partial charge in [-0.15, -0.1) is 0 Å². The molecule has 118 valence electrons. The van der Waals surface area contributed by atoms with E-state index in [1.165, 1.54) is 11.1 Å². The quantitative estimate of drug-likeness (QED) is 0.741. The average Bonchev–Trinajstić information content (AvgIpc) is 3.00. The lowest BCUT2D eigenvalue weighted by Gasteiger charge is -2.13. The molecule has 4 rings (SSSR count). The highest BCUT2D eigenvalue weighted by molar-refractivity contribution is 7.16. The predicted octanol–water partition coefficient (Wildman–Crippen LogP) is 3.69. The molecule has 0 aliphatic heterocycles. The van der Waals surface area contributed by atoms with E-state index in [-0.39, 0.29) is 5.41 Å². The number of hydrogen-bond acceptors (Lipinski definition) is 4. The smallest absolute Gasteiger partial charge is 0.278 e. The number of benzene rings is 1. The van der Waals surface area contributed by atoms with Crippen LogP contribution in [0.2, 0.25) is 0 Å². The SMILES string of the molecule is Cc1ccccc1C1(c2noc(-c3cc(C(F)P)[nH]n3)n2)CC1. The normalized spacial score (nSPS) is 17.2. The van der Waals surface area contributed by atoms with Gasteiger partial charge in [-0.1, -0.05) is 38.7 Å². The largest absolute Gasteiger partial charge is 0.332 e. The van der Waals surface area contributed by atoms with E-state index < -0.39 is 5.91 Å². The number of nitrogens with zero attached hydrogens (tertiary/aromatic N) is 3. The Bertz CT molecular complexity index is 853. The fraction of sp³-hybridized carbons (Fsp3) is 0.312. The van der Waals surface area contributed by atoms with Gasteiger partial charge in [-0.3, -0.25) is 5.10 Å². The number of alkyl halides is 1. The van der Waals surface area contributed by atoms with Crippen molar-refractivity contribution in [2.75, 3.05) is 0 Å². The summed E-state index contributed by atoms with van der Waals surface area (Å²) in [4.78, 5) is 4.52. The van der Waals surface area contributed by atoms with Gasteiger partial charge in [0.2, 0.25) is 0 Å². The van der Waals surface area contributed by atoms with Gasteiger partial charge in [0.15, 0.2) is 17.4 Å². The minimum Gasteiger partial charge on any atom is -0.332 e. The summed E-state index contributed by atoms with van der Waals surface area (Å²) in [5.41, 5.74) is 3.13. The third kappa shape index (κ3) is 2.38. The highest BCUT2D eigenvalue weighted by atomic mass is 31.0. The Kier molecular flexibility index (Phi) is 3.31. The Morgan fingerprint density at radius 3 is 2.78 bits per heavy atom. The number of H-pyrrole nitrogens is 1. The molecule has 2 atom stereocenters. The first-order valence-electron chi connectivity index (χ1n) is 7.46. The first kappa shape index (κ1) is 14.5. The summed E-state index contributed by atoms with van der Waals surface area (Å²) in [5.74, 6) is -0.206. The maximum absolute atomic E-state index is 13.3. The first-order chi connectivity index (χ1) is 11.1. The predicted molar refractivity (Wildman–Crippen MR) is 86.6 cm³/mol. The molecule has 1 N–H and O–H groups in total. The van der Waals surface area contributed by atoms with E-state index in [1.54, 1.807) is 6.07 Å². The molecule has 1 fully saturated rings. The molecule has 0 spiro atoms. The number of nitrogens with one attached hydrogen (secondary N) is 1. The van der Waals surface area contributed by atoms with Crippen LogP contribution in [-0.2, 0) is 5.41 Å². The van der Waals surface area contributed by atoms with Crippen LogP contribution in [0.5, 0.6) is 0 Å². The van der Waals surface area contributed by atoms with Gasteiger partial charge in [-0.25, -0.2) is 4.39 Å². The molecule has 2 unspecified atom stereocenters. The molecule has 0 saturated heterocycles. The molecular weight excluding hydrogens is 314 g/mol. The molecular formula is C16H16FN4OP. The molecule has 0 bridgehead atoms. The summed E-state index contributed by atoms with van der Waals surface area (Å²) in [6.45, 7) is 2.09. The molecule has 2 aromatic heterocycles. The average molecular weight is 330 g/mol. The van der Waals surface area contributed by atoms with E-state index in [9.17, 15) is 4.39 Å². The zero-order valence-electron chi connectivity index (χ0n) is 12.6.